The highest BCUT2D eigenvalue weighted by molar-refractivity contribution is 8.00. The van der Waals surface area contributed by atoms with Crippen molar-refractivity contribution in [3.8, 4) is 0 Å². The van der Waals surface area contributed by atoms with Crippen LogP contribution in [0.25, 0.3) is 0 Å². The van der Waals surface area contributed by atoms with Crippen LogP contribution < -0.4 is 5.32 Å². The molecule has 2 rings (SSSR count). The molecule has 0 spiro atoms. The van der Waals surface area contributed by atoms with Crippen molar-refractivity contribution in [2.24, 2.45) is 4.99 Å². The molecule has 3 nitrogen and oxygen atoms in total. The number of rotatable bonds is 3. The van der Waals surface area contributed by atoms with Crippen molar-refractivity contribution in [3.05, 3.63) is 35.4 Å². The van der Waals surface area contributed by atoms with Crippen LogP contribution in [-0.4, -0.2) is 48.0 Å². The Bertz CT molecular complexity index is 526. The summed E-state index contributed by atoms with van der Waals surface area (Å²) in [5, 5.41) is 3.29. The summed E-state index contributed by atoms with van der Waals surface area (Å²) >= 11 is 1.97. The number of thioether (sulfide) groups is 1. The molecule has 0 atom stereocenters. The van der Waals surface area contributed by atoms with Gasteiger partial charge in [0.25, 0.3) is 0 Å². The first-order chi connectivity index (χ1) is 10.4. The van der Waals surface area contributed by atoms with E-state index >= 15 is 0 Å². The van der Waals surface area contributed by atoms with Crippen molar-refractivity contribution in [3.63, 3.8) is 0 Å². The Balaban J connectivity index is 1.89. The second kappa shape index (κ2) is 7.31. The lowest BCUT2D eigenvalue weighted by Crippen LogP contribution is -2.51. The number of hydrogen-bond donors (Lipinski definition) is 1. The van der Waals surface area contributed by atoms with Crippen molar-refractivity contribution < 1.29 is 8.78 Å². The van der Waals surface area contributed by atoms with E-state index in [2.05, 4.69) is 29.1 Å². The lowest BCUT2D eigenvalue weighted by atomic mass is 10.1. The molecule has 0 saturated carbocycles. The molecule has 1 aliphatic rings. The average molecular weight is 327 g/mol. The van der Waals surface area contributed by atoms with Crippen molar-refractivity contribution in [1.82, 2.24) is 10.2 Å². The maximum absolute atomic E-state index is 13.2. The Morgan fingerprint density at radius 3 is 2.59 bits per heavy atom. The fraction of sp³-hybridized carbons (Fsp3) is 0.562. The molecule has 6 heteroatoms. The van der Waals surface area contributed by atoms with Crippen LogP contribution >= 0.6 is 11.8 Å². The summed E-state index contributed by atoms with van der Waals surface area (Å²) in [7, 11) is 1.76. The number of nitrogens with zero attached hydrogens (tertiary/aromatic N) is 2. The maximum atomic E-state index is 13.2. The zero-order valence-electron chi connectivity index (χ0n) is 13.3. The molecule has 1 aromatic carbocycles. The summed E-state index contributed by atoms with van der Waals surface area (Å²) < 4.78 is 26.5. The van der Waals surface area contributed by atoms with Gasteiger partial charge in [0, 0.05) is 43.2 Å². The summed E-state index contributed by atoms with van der Waals surface area (Å²) in [4.78, 5) is 6.56. The van der Waals surface area contributed by atoms with E-state index in [1.165, 1.54) is 12.1 Å². The number of nitrogens with one attached hydrogen (secondary N) is 1. The molecule has 1 heterocycles. The molecule has 122 valence electrons. The number of aliphatic imine (C=N–C) groups is 1. The SMILES string of the molecule is CN=C(NCCc1cc(F)cc(F)c1)N1CCSC(C)(C)C1. The largest absolute Gasteiger partial charge is 0.356 e. The molecule has 1 aromatic rings. The van der Waals surface area contributed by atoms with Gasteiger partial charge in [0.05, 0.1) is 0 Å². The minimum Gasteiger partial charge on any atom is -0.356 e. The fourth-order valence-corrected chi connectivity index (χ4v) is 3.71. The number of halogens is 2. The standard InChI is InChI=1S/C16H23F2N3S/c1-16(2)11-21(6-7-22-16)15(19-3)20-5-4-12-8-13(17)10-14(18)9-12/h8-10H,4-7,11H2,1-3H3,(H,19,20). The summed E-state index contributed by atoms with van der Waals surface area (Å²) in [6.07, 6.45) is 0.555. The van der Waals surface area contributed by atoms with E-state index in [0.29, 0.717) is 18.5 Å². The van der Waals surface area contributed by atoms with E-state index in [1.807, 2.05) is 11.8 Å². The molecule has 0 aliphatic carbocycles. The predicted octanol–water partition coefficient (Wildman–Crippen LogP) is 2.91. The molecular weight excluding hydrogens is 304 g/mol. The Hall–Kier alpha value is -1.30. The first kappa shape index (κ1) is 17.1. The Morgan fingerprint density at radius 1 is 1.32 bits per heavy atom. The van der Waals surface area contributed by atoms with Crippen LogP contribution in [0.3, 0.4) is 0 Å². The average Bonchev–Trinajstić information content (AvgIpc) is 2.41. The van der Waals surface area contributed by atoms with Gasteiger partial charge in [0.15, 0.2) is 5.96 Å². The van der Waals surface area contributed by atoms with Crippen LogP contribution in [0.2, 0.25) is 0 Å². The van der Waals surface area contributed by atoms with Crippen molar-refractivity contribution in [1.29, 1.82) is 0 Å². The Kier molecular flexibility index (Phi) is 5.67. The van der Waals surface area contributed by atoms with Gasteiger partial charge in [0.1, 0.15) is 11.6 Å². The van der Waals surface area contributed by atoms with Gasteiger partial charge in [-0.3, -0.25) is 4.99 Å². The number of hydrogen-bond acceptors (Lipinski definition) is 2. The van der Waals surface area contributed by atoms with Crippen molar-refractivity contribution in [2.75, 3.05) is 32.4 Å². The number of benzene rings is 1. The minimum absolute atomic E-state index is 0.210. The first-order valence-corrected chi connectivity index (χ1v) is 8.43. The van der Waals surface area contributed by atoms with E-state index in [-0.39, 0.29) is 4.75 Å². The highest BCUT2D eigenvalue weighted by Gasteiger charge is 2.28. The summed E-state index contributed by atoms with van der Waals surface area (Å²) in [6, 6.07) is 3.63. The predicted molar refractivity (Wildman–Crippen MR) is 89.5 cm³/mol. The third-order valence-electron chi connectivity index (χ3n) is 3.56. The van der Waals surface area contributed by atoms with Crippen LogP contribution in [0.4, 0.5) is 8.78 Å². The van der Waals surface area contributed by atoms with E-state index in [4.69, 9.17) is 0 Å². The van der Waals surface area contributed by atoms with Crippen molar-refractivity contribution >= 4 is 17.7 Å². The van der Waals surface area contributed by atoms with Crippen LogP contribution in [0.1, 0.15) is 19.4 Å². The quantitative estimate of drug-likeness (QED) is 0.683. The molecule has 1 saturated heterocycles. The third-order valence-corrected chi connectivity index (χ3v) is 4.85. The van der Waals surface area contributed by atoms with E-state index in [0.717, 1.165) is 30.9 Å². The molecule has 1 fully saturated rings. The molecule has 0 unspecified atom stereocenters. The number of guanidine groups is 1. The smallest absolute Gasteiger partial charge is 0.193 e. The second-order valence-electron chi connectivity index (χ2n) is 6.03. The highest BCUT2D eigenvalue weighted by Crippen LogP contribution is 2.29. The van der Waals surface area contributed by atoms with Gasteiger partial charge in [-0.1, -0.05) is 0 Å². The van der Waals surface area contributed by atoms with Crippen LogP contribution in [0.15, 0.2) is 23.2 Å². The summed E-state index contributed by atoms with van der Waals surface area (Å²) in [5.41, 5.74) is 0.648. The van der Waals surface area contributed by atoms with Crippen LogP contribution in [0.5, 0.6) is 0 Å². The van der Waals surface area contributed by atoms with Crippen LogP contribution in [0, 0.1) is 11.6 Å². The zero-order valence-corrected chi connectivity index (χ0v) is 14.1. The van der Waals surface area contributed by atoms with E-state index < -0.39 is 11.6 Å². The van der Waals surface area contributed by atoms with Gasteiger partial charge in [-0.2, -0.15) is 11.8 Å². The zero-order chi connectivity index (χ0) is 16.2. The Morgan fingerprint density at radius 2 is 2.00 bits per heavy atom. The van der Waals surface area contributed by atoms with Crippen LogP contribution in [-0.2, 0) is 6.42 Å². The van der Waals surface area contributed by atoms with Gasteiger partial charge in [0.2, 0.25) is 0 Å². The van der Waals surface area contributed by atoms with Gasteiger partial charge in [-0.25, -0.2) is 8.78 Å². The summed E-state index contributed by atoms with van der Waals surface area (Å²) in [6.45, 7) is 6.95. The normalized spacial score (nSPS) is 18.4. The molecule has 1 aliphatic heterocycles. The second-order valence-corrected chi connectivity index (χ2v) is 7.83. The summed E-state index contributed by atoms with van der Waals surface area (Å²) in [5.74, 6) is 0.858. The molecule has 1 N–H and O–H groups in total. The molecule has 22 heavy (non-hydrogen) atoms. The molecule has 0 amide bonds. The van der Waals surface area contributed by atoms with Gasteiger partial charge >= 0.3 is 0 Å². The molecule has 0 bridgehead atoms. The lowest BCUT2D eigenvalue weighted by molar-refractivity contribution is 0.376. The lowest BCUT2D eigenvalue weighted by Gasteiger charge is -2.39. The fourth-order valence-electron chi connectivity index (χ4n) is 2.60. The highest BCUT2D eigenvalue weighted by atomic mass is 32.2. The molecular formula is C16H23F2N3S. The Labute approximate surface area is 135 Å². The molecule has 0 radical (unpaired) electrons. The van der Waals surface area contributed by atoms with E-state index in [1.54, 1.807) is 7.05 Å². The van der Waals surface area contributed by atoms with E-state index in [9.17, 15) is 8.78 Å². The van der Waals surface area contributed by atoms with Gasteiger partial charge in [-0.05, 0) is 38.0 Å². The van der Waals surface area contributed by atoms with Gasteiger partial charge < -0.3 is 10.2 Å². The minimum atomic E-state index is -0.533. The topological polar surface area (TPSA) is 27.6 Å². The first-order valence-electron chi connectivity index (χ1n) is 7.44. The van der Waals surface area contributed by atoms with Gasteiger partial charge in [-0.15, -0.1) is 0 Å². The van der Waals surface area contributed by atoms with Crippen molar-refractivity contribution in [2.45, 2.75) is 25.0 Å². The maximum Gasteiger partial charge on any atom is 0.193 e. The third kappa shape index (κ3) is 4.87. The monoisotopic (exact) mass is 327 g/mol. The molecule has 0 aromatic heterocycles.